The van der Waals surface area contributed by atoms with Gasteiger partial charge in [0.2, 0.25) is 15.9 Å². The van der Waals surface area contributed by atoms with Crippen molar-refractivity contribution in [3.8, 4) is 0 Å². The Morgan fingerprint density at radius 2 is 2.08 bits per heavy atom. The van der Waals surface area contributed by atoms with Crippen LogP contribution in [0.2, 0.25) is 0 Å². The molecule has 1 aromatic carbocycles. The van der Waals surface area contributed by atoms with E-state index in [9.17, 15) is 13.2 Å². The largest absolute Gasteiger partial charge is 0.358 e. The average molecular weight is 431 g/mol. The van der Waals surface area contributed by atoms with Crippen molar-refractivity contribution >= 4 is 70.9 Å². The number of aromatic nitrogens is 1. The van der Waals surface area contributed by atoms with Crippen LogP contribution in [0.15, 0.2) is 23.1 Å². The number of thioether (sulfide) groups is 1. The molecule has 7 nitrogen and oxygen atoms in total. The number of carbonyl (C=O) groups excluding carboxylic acids is 1. The van der Waals surface area contributed by atoms with Gasteiger partial charge in [0.05, 0.1) is 20.9 Å². The molecule has 1 aliphatic rings. The second-order valence-electron chi connectivity index (χ2n) is 5.84. The topological polar surface area (TPSA) is 105 Å². The molecule has 1 aromatic heterocycles. The Morgan fingerprint density at radius 3 is 2.77 bits per heavy atom. The predicted octanol–water partition coefficient (Wildman–Crippen LogP) is 2.39. The number of primary sulfonamides is 1. The second-order valence-corrected chi connectivity index (χ2v) is 10.0. The Labute approximate surface area is 165 Å². The number of nitrogens with two attached hydrogens (primary N) is 1. The highest BCUT2D eigenvalue weighted by Crippen LogP contribution is 2.28. The van der Waals surface area contributed by atoms with Gasteiger partial charge in [0.25, 0.3) is 0 Å². The van der Waals surface area contributed by atoms with Crippen molar-refractivity contribution in [2.75, 3.05) is 24.2 Å². The number of anilines is 1. The SMILES string of the molecule is NS(=O)(=O)c1ccc2nc(NC(=O)CSC(=S)N3CCCCC3)sc2c1. The Morgan fingerprint density at radius 1 is 1.35 bits per heavy atom. The van der Waals surface area contributed by atoms with Gasteiger partial charge < -0.3 is 10.2 Å². The van der Waals surface area contributed by atoms with Gasteiger partial charge in [-0.1, -0.05) is 35.3 Å². The second kappa shape index (κ2) is 8.17. The van der Waals surface area contributed by atoms with Crippen molar-refractivity contribution in [1.82, 2.24) is 9.88 Å². The summed E-state index contributed by atoms with van der Waals surface area (Å²) in [5.74, 6) is 0.0216. The van der Waals surface area contributed by atoms with Crippen molar-refractivity contribution in [3.05, 3.63) is 18.2 Å². The third-order valence-electron chi connectivity index (χ3n) is 3.88. The molecular weight excluding hydrogens is 412 g/mol. The molecule has 3 N–H and O–H groups in total. The molecule has 1 saturated heterocycles. The first-order valence-corrected chi connectivity index (χ1v) is 11.7. The summed E-state index contributed by atoms with van der Waals surface area (Å²) in [4.78, 5) is 18.6. The van der Waals surface area contributed by atoms with Crippen LogP contribution < -0.4 is 10.5 Å². The Bertz CT molecular complexity index is 936. The standard InChI is InChI=1S/C15H18N4O3S4/c16-26(21,22)10-4-5-11-12(8-10)25-14(17-11)18-13(20)9-24-15(23)19-6-2-1-3-7-19/h4-5,8H,1-3,6-7,9H2,(H2,16,21,22)(H,17,18,20). The van der Waals surface area contributed by atoms with Crippen LogP contribution in [0, 0.1) is 0 Å². The van der Waals surface area contributed by atoms with Gasteiger partial charge in [-0.3, -0.25) is 4.79 Å². The van der Waals surface area contributed by atoms with E-state index in [0.717, 1.165) is 30.3 Å². The van der Waals surface area contributed by atoms with E-state index in [2.05, 4.69) is 15.2 Å². The number of carbonyl (C=O) groups is 1. The number of hydrogen-bond acceptors (Lipinski definition) is 7. The molecule has 2 heterocycles. The van der Waals surface area contributed by atoms with Crippen molar-refractivity contribution in [3.63, 3.8) is 0 Å². The van der Waals surface area contributed by atoms with Crippen LogP contribution in [0.3, 0.4) is 0 Å². The van der Waals surface area contributed by atoms with Gasteiger partial charge in [-0.15, -0.1) is 0 Å². The summed E-state index contributed by atoms with van der Waals surface area (Å²) in [5, 5.41) is 8.29. The maximum absolute atomic E-state index is 12.1. The zero-order valence-corrected chi connectivity index (χ0v) is 17.1. The van der Waals surface area contributed by atoms with Gasteiger partial charge in [0, 0.05) is 13.1 Å². The molecule has 1 aliphatic heterocycles. The molecule has 26 heavy (non-hydrogen) atoms. The molecule has 0 saturated carbocycles. The lowest BCUT2D eigenvalue weighted by atomic mass is 10.1. The average Bonchev–Trinajstić information content (AvgIpc) is 3.01. The number of rotatable bonds is 4. The molecule has 0 unspecified atom stereocenters. The molecule has 2 aromatic rings. The minimum absolute atomic E-state index is 0.0222. The number of nitrogens with one attached hydrogen (secondary N) is 1. The van der Waals surface area contributed by atoms with Gasteiger partial charge in [-0.25, -0.2) is 18.5 Å². The van der Waals surface area contributed by atoms with Crippen LogP contribution in [-0.2, 0) is 14.8 Å². The molecule has 0 aliphatic carbocycles. The number of piperidine rings is 1. The number of thiocarbonyl (C=S) groups is 1. The fourth-order valence-electron chi connectivity index (χ4n) is 2.59. The van der Waals surface area contributed by atoms with Crippen molar-refractivity contribution < 1.29 is 13.2 Å². The lowest BCUT2D eigenvalue weighted by molar-refractivity contribution is -0.113. The molecule has 3 rings (SSSR count). The Kier molecular flexibility index (Phi) is 6.13. The maximum Gasteiger partial charge on any atom is 0.238 e. The quantitative estimate of drug-likeness (QED) is 0.718. The summed E-state index contributed by atoms with van der Waals surface area (Å²) in [6, 6.07) is 4.43. The number of amides is 1. The van der Waals surface area contributed by atoms with E-state index in [1.165, 1.54) is 41.7 Å². The molecular formula is C15H18N4O3S4. The molecule has 11 heteroatoms. The first kappa shape index (κ1) is 19.5. The fourth-order valence-corrected chi connectivity index (χ4v) is 5.17. The Hall–Kier alpha value is -1.27. The number of fused-ring (bicyclic) bond motifs is 1. The minimum Gasteiger partial charge on any atom is -0.358 e. The lowest BCUT2D eigenvalue weighted by Gasteiger charge is -2.28. The number of sulfonamides is 1. The number of thiazole rings is 1. The normalized spacial score (nSPS) is 15.2. The zero-order valence-electron chi connectivity index (χ0n) is 13.8. The highest BCUT2D eigenvalue weighted by molar-refractivity contribution is 8.23. The van der Waals surface area contributed by atoms with Gasteiger partial charge in [0.1, 0.15) is 4.32 Å². The minimum atomic E-state index is -3.77. The molecule has 0 radical (unpaired) electrons. The van der Waals surface area contributed by atoms with Crippen molar-refractivity contribution in [1.29, 1.82) is 0 Å². The van der Waals surface area contributed by atoms with Crippen LogP contribution in [0.1, 0.15) is 19.3 Å². The molecule has 0 bridgehead atoms. The lowest BCUT2D eigenvalue weighted by Crippen LogP contribution is -2.33. The first-order chi connectivity index (χ1) is 12.3. The number of likely N-dealkylation sites (tertiary alicyclic amines) is 1. The van der Waals surface area contributed by atoms with Gasteiger partial charge >= 0.3 is 0 Å². The zero-order chi connectivity index (χ0) is 18.7. The summed E-state index contributed by atoms with van der Waals surface area (Å²) in [6.07, 6.45) is 3.51. The van der Waals surface area contributed by atoms with Crippen molar-refractivity contribution in [2.24, 2.45) is 5.14 Å². The van der Waals surface area contributed by atoms with E-state index < -0.39 is 10.0 Å². The highest BCUT2D eigenvalue weighted by atomic mass is 32.2. The van der Waals surface area contributed by atoms with Crippen molar-refractivity contribution in [2.45, 2.75) is 24.2 Å². The first-order valence-electron chi connectivity index (χ1n) is 7.98. The summed E-state index contributed by atoms with van der Waals surface area (Å²) < 4.78 is 24.2. The van der Waals surface area contributed by atoms with Gasteiger partial charge in [-0.05, 0) is 37.5 Å². The number of nitrogens with zero attached hydrogens (tertiary/aromatic N) is 2. The van der Waals surface area contributed by atoms with Gasteiger partial charge in [-0.2, -0.15) is 0 Å². The molecule has 0 spiro atoms. The molecule has 1 amide bonds. The van der Waals surface area contributed by atoms with E-state index in [0.29, 0.717) is 15.3 Å². The van der Waals surface area contributed by atoms with E-state index in [-0.39, 0.29) is 16.6 Å². The van der Waals surface area contributed by atoms with Crippen LogP contribution in [-0.4, -0.2) is 47.4 Å². The van der Waals surface area contributed by atoms with Crippen LogP contribution >= 0.6 is 35.3 Å². The number of benzene rings is 1. The van der Waals surface area contributed by atoms with E-state index >= 15 is 0 Å². The fraction of sp³-hybridized carbons (Fsp3) is 0.400. The Balaban J connectivity index is 1.59. The van der Waals surface area contributed by atoms with Crippen LogP contribution in [0.25, 0.3) is 10.2 Å². The van der Waals surface area contributed by atoms with E-state index in [4.69, 9.17) is 17.4 Å². The summed E-state index contributed by atoms with van der Waals surface area (Å²) in [5.41, 5.74) is 0.606. The van der Waals surface area contributed by atoms with Crippen LogP contribution in [0.4, 0.5) is 5.13 Å². The maximum atomic E-state index is 12.1. The van der Waals surface area contributed by atoms with E-state index in [1.807, 2.05) is 0 Å². The smallest absolute Gasteiger partial charge is 0.238 e. The summed E-state index contributed by atoms with van der Waals surface area (Å²) in [6.45, 7) is 1.91. The molecule has 0 atom stereocenters. The number of hydrogen-bond donors (Lipinski definition) is 2. The van der Waals surface area contributed by atoms with E-state index in [1.54, 1.807) is 6.07 Å². The van der Waals surface area contributed by atoms with Gasteiger partial charge in [0.15, 0.2) is 5.13 Å². The van der Waals surface area contributed by atoms with Crippen LogP contribution in [0.5, 0.6) is 0 Å². The molecule has 1 fully saturated rings. The third kappa shape index (κ3) is 4.92. The third-order valence-corrected chi connectivity index (χ3v) is 7.24. The summed E-state index contributed by atoms with van der Waals surface area (Å²) in [7, 11) is -3.77. The predicted molar refractivity (Wildman–Crippen MR) is 110 cm³/mol. The highest BCUT2D eigenvalue weighted by Gasteiger charge is 2.16. The summed E-state index contributed by atoms with van der Waals surface area (Å²) >= 11 is 7.94. The molecule has 140 valence electrons. The monoisotopic (exact) mass is 430 g/mol.